The van der Waals surface area contributed by atoms with Crippen LogP contribution in [0.25, 0.3) is 0 Å². The van der Waals surface area contributed by atoms with E-state index in [9.17, 15) is 4.79 Å². The molecule has 3 heteroatoms. The molecular weight excluding hydrogens is 200 g/mol. The minimum atomic E-state index is 0.0167. The van der Waals surface area contributed by atoms with Crippen LogP contribution in [0, 0.1) is 5.92 Å². The summed E-state index contributed by atoms with van der Waals surface area (Å²) < 4.78 is 0. The number of hydrogen-bond donors (Lipinski definition) is 0. The van der Waals surface area contributed by atoms with E-state index in [-0.39, 0.29) is 5.91 Å². The van der Waals surface area contributed by atoms with Crippen molar-refractivity contribution in [2.45, 2.75) is 20.8 Å². The van der Waals surface area contributed by atoms with Gasteiger partial charge >= 0.3 is 0 Å². The van der Waals surface area contributed by atoms with Crippen molar-refractivity contribution < 1.29 is 4.79 Å². The van der Waals surface area contributed by atoms with Gasteiger partial charge in [-0.25, -0.2) is 0 Å². The first-order valence-electron chi connectivity index (χ1n) is 5.62. The van der Waals surface area contributed by atoms with E-state index in [1.165, 1.54) is 0 Å². The van der Waals surface area contributed by atoms with Crippen LogP contribution in [0.4, 0.5) is 0 Å². The van der Waals surface area contributed by atoms with Gasteiger partial charge in [0.2, 0.25) is 5.91 Å². The van der Waals surface area contributed by atoms with Gasteiger partial charge in [0.1, 0.15) is 0 Å². The molecule has 0 saturated carbocycles. The van der Waals surface area contributed by atoms with E-state index in [0.29, 0.717) is 5.92 Å². The van der Waals surface area contributed by atoms with Crippen LogP contribution in [0.5, 0.6) is 0 Å². The van der Waals surface area contributed by atoms with Crippen LogP contribution in [0.15, 0.2) is 24.4 Å². The zero-order valence-corrected chi connectivity index (χ0v) is 11.2. The Balaban J connectivity index is 4.39. The molecule has 0 bridgehead atoms. The van der Waals surface area contributed by atoms with E-state index >= 15 is 0 Å². The molecule has 0 aliphatic heterocycles. The maximum absolute atomic E-state index is 11.9. The highest BCUT2D eigenvalue weighted by atomic mass is 16.2. The van der Waals surface area contributed by atoms with Crippen LogP contribution in [0.2, 0.25) is 0 Å². The fraction of sp³-hybridized carbons (Fsp3) is 0.615. The van der Waals surface area contributed by atoms with Crippen molar-refractivity contribution >= 4 is 5.91 Å². The molecule has 0 unspecified atom stereocenters. The molecule has 0 fully saturated rings. The number of nitrogens with zero attached hydrogens (tertiary/aromatic N) is 2. The molecule has 0 aromatic carbocycles. The zero-order chi connectivity index (χ0) is 12.7. The SMILES string of the molecule is C=C(C)N(CC(C)C)C(=O)/C=C\CN(C)C. The summed E-state index contributed by atoms with van der Waals surface area (Å²) in [6.45, 7) is 11.4. The van der Waals surface area contributed by atoms with Crippen molar-refractivity contribution in [1.82, 2.24) is 9.80 Å². The van der Waals surface area contributed by atoms with E-state index in [0.717, 1.165) is 18.8 Å². The third-order valence-corrected chi connectivity index (χ3v) is 2.01. The fourth-order valence-corrected chi connectivity index (χ4v) is 1.25. The lowest BCUT2D eigenvalue weighted by Gasteiger charge is -2.23. The number of carbonyl (C=O) groups is 1. The van der Waals surface area contributed by atoms with E-state index in [2.05, 4.69) is 20.4 Å². The highest BCUT2D eigenvalue weighted by Crippen LogP contribution is 2.06. The molecule has 0 aromatic heterocycles. The van der Waals surface area contributed by atoms with Gasteiger partial charge in [-0.2, -0.15) is 0 Å². The van der Waals surface area contributed by atoms with E-state index < -0.39 is 0 Å². The van der Waals surface area contributed by atoms with Crippen LogP contribution >= 0.6 is 0 Å². The first-order valence-corrected chi connectivity index (χ1v) is 5.62. The number of rotatable bonds is 6. The smallest absolute Gasteiger partial charge is 0.250 e. The number of amides is 1. The minimum Gasteiger partial charge on any atom is -0.313 e. The standard InChI is InChI=1S/C13H24N2O/c1-11(2)10-15(12(3)4)13(16)8-7-9-14(5)6/h7-8,11H,3,9-10H2,1-2,4-6H3/b8-7-. The summed E-state index contributed by atoms with van der Waals surface area (Å²) in [5, 5.41) is 0. The maximum Gasteiger partial charge on any atom is 0.250 e. The van der Waals surface area contributed by atoms with Gasteiger partial charge in [-0.15, -0.1) is 0 Å². The lowest BCUT2D eigenvalue weighted by Crippen LogP contribution is -2.31. The Morgan fingerprint density at radius 1 is 1.38 bits per heavy atom. The summed E-state index contributed by atoms with van der Waals surface area (Å²) in [5.74, 6) is 0.464. The van der Waals surface area contributed by atoms with Gasteiger partial charge in [-0.1, -0.05) is 26.5 Å². The molecule has 3 nitrogen and oxygen atoms in total. The normalized spacial score (nSPS) is 11.4. The number of carbonyl (C=O) groups excluding carboxylic acids is 1. The van der Waals surface area contributed by atoms with Crippen molar-refractivity contribution in [3.8, 4) is 0 Å². The average Bonchev–Trinajstić information content (AvgIpc) is 2.12. The van der Waals surface area contributed by atoms with Crippen molar-refractivity contribution in [3.05, 3.63) is 24.4 Å². The first-order chi connectivity index (χ1) is 7.34. The molecule has 0 aliphatic rings. The second kappa shape index (κ2) is 7.23. The monoisotopic (exact) mass is 224 g/mol. The lowest BCUT2D eigenvalue weighted by atomic mass is 10.2. The molecule has 0 N–H and O–H groups in total. The maximum atomic E-state index is 11.9. The fourth-order valence-electron chi connectivity index (χ4n) is 1.25. The predicted octanol–water partition coefficient (Wildman–Crippen LogP) is 2.12. The van der Waals surface area contributed by atoms with Crippen LogP contribution in [0.3, 0.4) is 0 Å². The summed E-state index contributed by atoms with van der Waals surface area (Å²) >= 11 is 0. The highest BCUT2D eigenvalue weighted by Gasteiger charge is 2.12. The summed E-state index contributed by atoms with van der Waals surface area (Å²) in [6, 6.07) is 0. The molecule has 92 valence electrons. The van der Waals surface area contributed by atoms with Crippen molar-refractivity contribution in [3.63, 3.8) is 0 Å². The second-order valence-corrected chi connectivity index (χ2v) is 4.74. The van der Waals surface area contributed by atoms with Crippen LogP contribution < -0.4 is 0 Å². The van der Waals surface area contributed by atoms with E-state index in [1.807, 2.05) is 32.0 Å². The Kier molecular flexibility index (Phi) is 6.74. The summed E-state index contributed by atoms with van der Waals surface area (Å²) in [5.41, 5.74) is 0.799. The predicted molar refractivity (Wildman–Crippen MR) is 69.1 cm³/mol. The van der Waals surface area contributed by atoms with Gasteiger partial charge in [-0.3, -0.25) is 4.79 Å². The third kappa shape index (κ3) is 6.40. The van der Waals surface area contributed by atoms with Crippen molar-refractivity contribution in [2.75, 3.05) is 27.2 Å². The Bertz CT molecular complexity index is 267. The molecule has 0 atom stereocenters. The Morgan fingerprint density at radius 2 is 1.94 bits per heavy atom. The van der Waals surface area contributed by atoms with E-state index in [1.54, 1.807) is 11.0 Å². The molecule has 0 rings (SSSR count). The average molecular weight is 224 g/mol. The molecule has 0 saturated heterocycles. The van der Waals surface area contributed by atoms with Crippen LogP contribution in [-0.4, -0.2) is 42.9 Å². The molecule has 0 spiro atoms. The summed E-state index contributed by atoms with van der Waals surface area (Å²) in [4.78, 5) is 15.6. The Hall–Kier alpha value is -1.09. The Morgan fingerprint density at radius 3 is 2.31 bits per heavy atom. The van der Waals surface area contributed by atoms with Gasteiger partial charge in [0.05, 0.1) is 0 Å². The topological polar surface area (TPSA) is 23.6 Å². The van der Waals surface area contributed by atoms with Crippen LogP contribution in [0.1, 0.15) is 20.8 Å². The van der Waals surface area contributed by atoms with Crippen molar-refractivity contribution in [2.24, 2.45) is 5.92 Å². The number of likely N-dealkylation sites (N-methyl/N-ethyl adjacent to an activating group) is 1. The summed E-state index contributed by atoms with van der Waals surface area (Å²) in [7, 11) is 3.94. The van der Waals surface area contributed by atoms with Crippen molar-refractivity contribution in [1.29, 1.82) is 0 Å². The molecule has 0 aliphatic carbocycles. The molecule has 16 heavy (non-hydrogen) atoms. The third-order valence-electron chi connectivity index (χ3n) is 2.01. The highest BCUT2D eigenvalue weighted by molar-refractivity contribution is 5.88. The van der Waals surface area contributed by atoms with Gasteiger partial charge in [0, 0.05) is 24.9 Å². The quantitative estimate of drug-likeness (QED) is 0.645. The number of allylic oxidation sites excluding steroid dienone is 1. The van der Waals surface area contributed by atoms with E-state index in [4.69, 9.17) is 0 Å². The Labute approximate surface area is 99.4 Å². The first kappa shape index (κ1) is 14.9. The molecule has 0 heterocycles. The second-order valence-electron chi connectivity index (χ2n) is 4.74. The zero-order valence-electron chi connectivity index (χ0n) is 11.2. The molecule has 0 radical (unpaired) electrons. The lowest BCUT2D eigenvalue weighted by molar-refractivity contribution is -0.124. The van der Waals surface area contributed by atoms with Crippen LogP contribution in [-0.2, 0) is 4.79 Å². The molecular formula is C13H24N2O. The largest absolute Gasteiger partial charge is 0.313 e. The van der Waals surface area contributed by atoms with Gasteiger partial charge in [-0.05, 0) is 26.9 Å². The molecule has 1 amide bonds. The molecule has 0 aromatic rings. The summed E-state index contributed by atoms with van der Waals surface area (Å²) in [6.07, 6.45) is 3.50. The van der Waals surface area contributed by atoms with Gasteiger partial charge in [0.15, 0.2) is 0 Å². The minimum absolute atomic E-state index is 0.0167. The number of hydrogen-bond acceptors (Lipinski definition) is 2. The van der Waals surface area contributed by atoms with Gasteiger partial charge < -0.3 is 9.80 Å². The van der Waals surface area contributed by atoms with Gasteiger partial charge in [0.25, 0.3) is 0 Å².